The average molecular weight is 358 g/mol. The topological polar surface area (TPSA) is 106 Å². The Balaban J connectivity index is 1.39. The Morgan fingerprint density at radius 3 is 2.65 bits per heavy atom. The molecule has 0 radical (unpaired) electrons. The van der Waals surface area contributed by atoms with E-state index in [-0.39, 0.29) is 41.6 Å². The number of nitrogens with zero attached hydrogens (tertiary/aromatic N) is 3. The normalized spacial score (nSPS) is 28.4. The molecule has 3 heterocycles. The number of nitrogens with two attached hydrogens (primary N) is 1. The van der Waals surface area contributed by atoms with Gasteiger partial charge in [-0.25, -0.2) is 9.78 Å². The van der Waals surface area contributed by atoms with Crippen molar-refractivity contribution in [3.63, 3.8) is 0 Å². The second-order valence-electron chi connectivity index (χ2n) is 7.11. The van der Waals surface area contributed by atoms with E-state index in [1.165, 1.54) is 4.90 Å². The largest absolute Gasteiger partial charge is 0.474 e. The minimum absolute atomic E-state index is 0.0439. The minimum Gasteiger partial charge on any atom is -0.474 e. The number of carbonyl (C=O) groups excluding carboxylic acids is 3. The van der Waals surface area contributed by atoms with Crippen molar-refractivity contribution in [3.05, 3.63) is 23.9 Å². The summed E-state index contributed by atoms with van der Waals surface area (Å²) >= 11 is 0. The van der Waals surface area contributed by atoms with Crippen molar-refractivity contribution in [1.82, 2.24) is 14.8 Å². The molecule has 4 rings (SSSR count). The second kappa shape index (κ2) is 6.59. The highest BCUT2D eigenvalue weighted by Crippen LogP contribution is 2.34. The molecule has 8 nitrogen and oxygen atoms in total. The zero-order valence-electron chi connectivity index (χ0n) is 14.5. The molecule has 1 aromatic heterocycles. The lowest BCUT2D eigenvalue weighted by molar-refractivity contribution is -0.130. The first-order valence-corrected chi connectivity index (χ1v) is 9.11. The van der Waals surface area contributed by atoms with Crippen LogP contribution < -0.4 is 10.5 Å². The van der Waals surface area contributed by atoms with Gasteiger partial charge in [-0.05, 0) is 50.7 Å². The maximum Gasteiger partial charge on any atom is 0.327 e. The molecule has 0 bridgehead atoms. The van der Waals surface area contributed by atoms with E-state index in [0.29, 0.717) is 32.2 Å². The van der Waals surface area contributed by atoms with Gasteiger partial charge in [-0.15, -0.1) is 0 Å². The predicted octanol–water partition coefficient (Wildman–Crippen LogP) is 1.30. The van der Waals surface area contributed by atoms with Crippen LogP contribution in [0.2, 0.25) is 0 Å². The Bertz CT molecular complexity index is 722. The van der Waals surface area contributed by atoms with Gasteiger partial charge >= 0.3 is 6.03 Å². The summed E-state index contributed by atoms with van der Waals surface area (Å²) in [6.45, 7) is 0.680. The standard InChI is InChI=1S/C18H22N4O4/c19-15(23)13-3-1-9-20-16(13)26-12-7-5-11(6-8-12)22-17(24)14-4-2-10-21(14)18(22)25/h1,3,9,11-12,14H,2,4-8,10H2,(H2,19,23). The number of amides is 4. The third-order valence-corrected chi connectivity index (χ3v) is 5.55. The van der Waals surface area contributed by atoms with E-state index in [2.05, 4.69) is 4.98 Å². The van der Waals surface area contributed by atoms with Gasteiger partial charge in [0.1, 0.15) is 17.7 Å². The molecule has 2 saturated heterocycles. The summed E-state index contributed by atoms with van der Waals surface area (Å²) in [6.07, 6.45) is 5.91. The maximum atomic E-state index is 12.6. The molecule has 0 spiro atoms. The first-order valence-electron chi connectivity index (χ1n) is 9.11. The van der Waals surface area contributed by atoms with Crippen molar-refractivity contribution < 1.29 is 19.1 Å². The van der Waals surface area contributed by atoms with Gasteiger partial charge in [0.05, 0.1) is 0 Å². The average Bonchev–Trinajstić information content (AvgIpc) is 3.21. The number of imide groups is 1. The highest BCUT2D eigenvalue weighted by molar-refractivity contribution is 6.04. The number of pyridine rings is 1. The van der Waals surface area contributed by atoms with E-state index in [1.54, 1.807) is 23.2 Å². The molecular formula is C18H22N4O4. The van der Waals surface area contributed by atoms with Crippen molar-refractivity contribution in [2.24, 2.45) is 5.73 Å². The molecule has 1 aliphatic carbocycles. The van der Waals surface area contributed by atoms with E-state index in [1.807, 2.05) is 0 Å². The first-order chi connectivity index (χ1) is 12.6. The fourth-order valence-electron chi connectivity index (χ4n) is 4.23. The Labute approximate surface area is 151 Å². The molecule has 2 aliphatic heterocycles. The van der Waals surface area contributed by atoms with Crippen LogP contribution in [0, 0.1) is 0 Å². The summed E-state index contributed by atoms with van der Waals surface area (Å²) in [5.41, 5.74) is 5.62. The summed E-state index contributed by atoms with van der Waals surface area (Å²) in [6, 6.07) is 2.77. The van der Waals surface area contributed by atoms with E-state index in [9.17, 15) is 14.4 Å². The SMILES string of the molecule is NC(=O)c1cccnc1OC1CCC(N2C(=O)C3CCCN3C2=O)CC1. The Morgan fingerprint density at radius 2 is 1.96 bits per heavy atom. The number of aromatic nitrogens is 1. The predicted molar refractivity (Wildman–Crippen MR) is 91.4 cm³/mol. The van der Waals surface area contributed by atoms with Crippen molar-refractivity contribution in [2.45, 2.75) is 56.7 Å². The Morgan fingerprint density at radius 1 is 1.19 bits per heavy atom. The smallest absolute Gasteiger partial charge is 0.327 e. The van der Waals surface area contributed by atoms with Crippen molar-refractivity contribution in [3.8, 4) is 5.88 Å². The van der Waals surface area contributed by atoms with E-state index in [0.717, 1.165) is 12.8 Å². The number of carbonyl (C=O) groups is 3. The second-order valence-corrected chi connectivity index (χ2v) is 7.11. The zero-order valence-corrected chi connectivity index (χ0v) is 14.5. The summed E-state index contributed by atoms with van der Waals surface area (Å²) in [5.74, 6) is -0.370. The van der Waals surface area contributed by atoms with Gasteiger partial charge in [-0.1, -0.05) is 0 Å². The Kier molecular flexibility index (Phi) is 4.26. The molecule has 3 fully saturated rings. The first kappa shape index (κ1) is 16.8. The quantitative estimate of drug-likeness (QED) is 0.817. The molecule has 1 saturated carbocycles. The number of hydrogen-bond donors (Lipinski definition) is 1. The fourth-order valence-corrected chi connectivity index (χ4v) is 4.23. The van der Waals surface area contributed by atoms with Crippen LogP contribution in [0.25, 0.3) is 0 Å². The van der Waals surface area contributed by atoms with Crippen LogP contribution in [-0.2, 0) is 4.79 Å². The van der Waals surface area contributed by atoms with E-state index < -0.39 is 5.91 Å². The van der Waals surface area contributed by atoms with Gasteiger partial charge in [0, 0.05) is 18.8 Å². The van der Waals surface area contributed by atoms with Crippen LogP contribution in [0.5, 0.6) is 5.88 Å². The number of fused-ring (bicyclic) bond motifs is 1. The molecule has 1 aromatic rings. The summed E-state index contributed by atoms with van der Waals surface area (Å²) in [4.78, 5) is 43.8. The molecule has 4 amide bonds. The molecule has 0 aromatic carbocycles. The van der Waals surface area contributed by atoms with Crippen LogP contribution in [0.4, 0.5) is 4.79 Å². The van der Waals surface area contributed by atoms with Gasteiger partial charge in [0.2, 0.25) is 5.88 Å². The molecule has 138 valence electrons. The molecule has 2 N–H and O–H groups in total. The third-order valence-electron chi connectivity index (χ3n) is 5.55. The van der Waals surface area contributed by atoms with Crippen molar-refractivity contribution >= 4 is 17.8 Å². The highest BCUT2D eigenvalue weighted by Gasteiger charge is 2.50. The lowest BCUT2D eigenvalue weighted by Gasteiger charge is -2.33. The number of hydrogen-bond acceptors (Lipinski definition) is 5. The van der Waals surface area contributed by atoms with E-state index >= 15 is 0 Å². The van der Waals surface area contributed by atoms with Crippen LogP contribution in [0.3, 0.4) is 0 Å². The van der Waals surface area contributed by atoms with Gasteiger partial charge in [0.15, 0.2) is 0 Å². The fraction of sp³-hybridized carbons (Fsp3) is 0.556. The lowest BCUT2D eigenvalue weighted by Crippen LogP contribution is -2.45. The molecule has 3 aliphatic rings. The number of urea groups is 1. The Hall–Kier alpha value is -2.64. The van der Waals surface area contributed by atoms with Crippen molar-refractivity contribution in [2.75, 3.05) is 6.54 Å². The van der Waals surface area contributed by atoms with Gasteiger partial charge < -0.3 is 15.4 Å². The monoisotopic (exact) mass is 358 g/mol. The summed E-state index contributed by atoms with van der Waals surface area (Å²) in [5, 5.41) is 0. The summed E-state index contributed by atoms with van der Waals surface area (Å²) < 4.78 is 5.88. The molecule has 26 heavy (non-hydrogen) atoms. The van der Waals surface area contributed by atoms with Crippen LogP contribution in [0.15, 0.2) is 18.3 Å². The minimum atomic E-state index is -0.573. The maximum absolute atomic E-state index is 12.6. The highest BCUT2D eigenvalue weighted by atomic mass is 16.5. The number of ether oxygens (including phenoxy) is 1. The summed E-state index contributed by atoms with van der Waals surface area (Å²) in [7, 11) is 0. The third kappa shape index (κ3) is 2.79. The zero-order chi connectivity index (χ0) is 18.3. The number of primary amides is 1. The van der Waals surface area contributed by atoms with Crippen LogP contribution in [-0.4, -0.2) is 57.4 Å². The lowest BCUT2D eigenvalue weighted by atomic mass is 9.91. The van der Waals surface area contributed by atoms with Gasteiger partial charge in [-0.3, -0.25) is 14.5 Å². The van der Waals surface area contributed by atoms with E-state index in [4.69, 9.17) is 10.5 Å². The van der Waals surface area contributed by atoms with Gasteiger partial charge in [-0.2, -0.15) is 0 Å². The molecule has 1 atom stereocenters. The number of rotatable bonds is 4. The van der Waals surface area contributed by atoms with Gasteiger partial charge in [0.25, 0.3) is 11.8 Å². The molecule has 8 heteroatoms. The van der Waals surface area contributed by atoms with Crippen molar-refractivity contribution in [1.29, 1.82) is 0 Å². The molecule has 1 unspecified atom stereocenters. The molecular weight excluding hydrogens is 336 g/mol. The van der Waals surface area contributed by atoms with Crippen LogP contribution in [0.1, 0.15) is 48.9 Å². The van der Waals surface area contributed by atoms with Crippen LogP contribution >= 0.6 is 0 Å².